The van der Waals surface area contributed by atoms with Gasteiger partial charge in [0.2, 0.25) is 0 Å². The molecule has 1 aromatic heterocycles. The molecule has 1 aliphatic rings. The van der Waals surface area contributed by atoms with E-state index in [2.05, 4.69) is 36.1 Å². The third-order valence-electron chi connectivity index (χ3n) is 7.09. The number of carbonyl (C=O) groups is 2. The zero-order valence-electron chi connectivity index (χ0n) is 21.9. The number of carboxylic acids is 1. The van der Waals surface area contributed by atoms with Crippen molar-refractivity contribution in [1.29, 1.82) is 0 Å². The number of benzene rings is 3. The smallest absolute Gasteiger partial charge is 0.303 e. The van der Waals surface area contributed by atoms with Crippen molar-refractivity contribution in [3.63, 3.8) is 0 Å². The molecule has 0 radical (unpaired) electrons. The molecule has 1 fully saturated rings. The topological polar surface area (TPSA) is 86.6 Å². The average Bonchev–Trinajstić information content (AvgIpc) is 2.94. The number of fused-ring (bicyclic) bond motifs is 1. The van der Waals surface area contributed by atoms with Crippen LogP contribution >= 0.6 is 0 Å². The fraction of sp³-hybridized carbons (Fsp3) is 0.290. The number of hydrogen-bond donors (Lipinski definition) is 1. The zero-order valence-corrected chi connectivity index (χ0v) is 21.9. The number of halogens is 1. The third-order valence-corrected chi connectivity index (χ3v) is 7.09. The maximum absolute atomic E-state index is 13.5. The fourth-order valence-electron chi connectivity index (χ4n) is 4.98. The molecule has 0 spiro atoms. The summed E-state index contributed by atoms with van der Waals surface area (Å²) < 4.78 is 13.5. The van der Waals surface area contributed by atoms with Crippen LogP contribution in [0.1, 0.15) is 40.9 Å². The molecule has 39 heavy (non-hydrogen) atoms. The average molecular weight is 527 g/mol. The van der Waals surface area contributed by atoms with E-state index in [0.29, 0.717) is 60.3 Å². The van der Waals surface area contributed by atoms with E-state index in [9.17, 15) is 14.0 Å². The van der Waals surface area contributed by atoms with Crippen molar-refractivity contribution in [2.75, 3.05) is 31.1 Å². The van der Waals surface area contributed by atoms with Gasteiger partial charge in [-0.25, -0.2) is 14.4 Å². The molecule has 1 N–H and O–H groups in total. The Kier molecular flexibility index (Phi) is 7.81. The van der Waals surface area contributed by atoms with Gasteiger partial charge in [0.1, 0.15) is 5.82 Å². The highest BCUT2D eigenvalue weighted by Gasteiger charge is 2.23. The second-order valence-corrected chi connectivity index (χ2v) is 9.95. The summed E-state index contributed by atoms with van der Waals surface area (Å²) in [5, 5.41) is 8.98. The highest BCUT2D eigenvalue weighted by Crippen LogP contribution is 2.26. The first kappa shape index (κ1) is 26.3. The first-order valence-electron chi connectivity index (χ1n) is 13.3. The molecule has 0 atom stereocenters. The minimum absolute atomic E-state index is 0.0341. The summed E-state index contributed by atoms with van der Waals surface area (Å²) in [7, 11) is 0. The van der Waals surface area contributed by atoms with Crippen LogP contribution in [0, 0.1) is 12.7 Å². The van der Waals surface area contributed by atoms with Crippen molar-refractivity contribution < 1.29 is 19.1 Å². The molecule has 1 saturated heterocycles. The lowest BCUT2D eigenvalue weighted by Gasteiger charge is -2.36. The maximum atomic E-state index is 13.5. The normalized spacial score (nSPS) is 13.6. The van der Waals surface area contributed by atoms with Gasteiger partial charge in [0.25, 0.3) is 5.91 Å². The number of nitrogens with zero attached hydrogens (tertiary/aromatic N) is 4. The van der Waals surface area contributed by atoms with Crippen molar-refractivity contribution in [3.8, 4) is 11.3 Å². The van der Waals surface area contributed by atoms with E-state index >= 15 is 0 Å². The van der Waals surface area contributed by atoms with Crippen LogP contribution in [0.4, 0.5) is 10.1 Å². The number of hydrogen-bond acceptors (Lipinski definition) is 5. The Labute approximate surface area is 226 Å². The number of rotatable bonds is 8. The van der Waals surface area contributed by atoms with Gasteiger partial charge in [-0.15, -0.1) is 0 Å². The number of unbranched alkanes of at least 4 members (excludes halogenated alkanes) is 1. The van der Waals surface area contributed by atoms with Crippen LogP contribution in [-0.2, 0) is 11.2 Å². The van der Waals surface area contributed by atoms with E-state index in [-0.39, 0.29) is 18.1 Å². The Hall–Kier alpha value is -4.33. The van der Waals surface area contributed by atoms with Crippen molar-refractivity contribution >= 4 is 28.6 Å². The highest BCUT2D eigenvalue weighted by molar-refractivity contribution is 5.97. The molecule has 4 aromatic rings. The van der Waals surface area contributed by atoms with Crippen LogP contribution < -0.4 is 4.90 Å². The summed E-state index contributed by atoms with van der Waals surface area (Å²) in [6.45, 7) is 4.88. The number of aliphatic carboxylic acids is 1. The van der Waals surface area contributed by atoms with Gasteiger partial charge in [-0.3, -0.25) is 9.59 Å². The molecular weight excluding hydrogens is 495 g/mol. The summed E-state index contributed by atoms with van der Waals surface area (Å²) in [6, 6.07) is 19.9. The molecule has 3 aromatic carbocycles. The van der Waals surface area contributed by atoms with E-state index in [4.69, 9.17) is 15.1 Å². The van der Waals surface area contributed by atoms with Crippen LogP contribution in [0.25, 0.3) is 22.3 Å². The molecule has 0 bridgehead atoms. The molecule has 8 heteroatoms. The molecule has 7 nitrogen and oxygen atoms in total. The molecule has 0 aliphatic carbocycles. The lowest BCUT2D eigenvalue weighted by molar-refractivity contribution is -0.137. The summed E-state index contributed by atoms with van der Waals surface area (Å²) in [5.74, 6) is -1.20. The maximum Gasteiger partial charge on any atom is 0.303 e. The largest absolute Gasteiger partial charge is 0.481 e. The summed E-state index contributed by atoms with van der Waals surface area (Å²) in [4.78, 5) is 38.2. The number of aromatic nitrogens is 2. The molecule has 1 aliphatic heterocycles. The molecule has 2 heterocycles. The number of carboxylic acid groups (broad SMARTS) is 1. The van der Waals surface area contributed by atoms with Crippen molar-refractivity contribution in [3.05, 3.63) is 89.4 Å². The van der Waals surface area contributed by atoms with Gasteiger partial charge in [0, 0.05) is 49.4 Å². The van der Waals surface area contributed by atoms with E-state index in [1.54, 1.807) is 30.3 Å². The van der Waals surface area contributed by atoms with Crippen LogP contribution in [0.5, 0.6) is 0 Å². The van der Waals surface area contributed by atoms with Gasteiger partial charge in [-0.2, -0.15) is 0 Å². The molecule has 5 rings (SSSR count). The summed E-state index contributed by atoms with van der Waals surface area (Å²) >= 11 is 0. The van der Waals surface area contributed by atoms with E-state index < -0.39 is 5.97 Å². The predicted molar refractivity (Wildman–Crippen MR) is 149 cm³/mol. The molecule has 200 valence electrons. The quantitative estimate of drug-likeness (QED) is 0.305. The lowest BCUT2D eigenvalue weighted by atomic mass is 10.0. The molecule has 1 amide bonds. The molecule has 0 unspecified atom stereocenters. The van der Waals surface area contributed by atoms with Crippen LogP contribution in [-0.4, -0.2) is 58.0 Å². The Morgan fingerprint density at radius 3 is 2.38 bits per heavy atom. The lowest BCUT2D eigenvalue weighted by Crippen LogP contribution is -2.48. The Morgan fingerprint density at radius 1 is 0.897 bits per heavy atom. The summed E-state index contributed by atoms with van der Waals surface area (Å²) in [6.07, 6.45) is 1.76. The number of piperazine rings is 1. The minimum Gasteiger partial charge on any atom is -0.481 e. The Balaban J connectivity index is 1.36. The van der Waals surface area contributed by atoms with Crippen molar-refractivity contribution in [1.82, 2.24) is 14.9 Å². The third kappa shape index (κ3) is 6.22. The van der Waals surface area contributed by atoms with Crippen molar-refractivity contribution in [2.24, 2.45) is 0 Å². The van der Waals surface area contributed by atoms with Gasteiger partial charge in [0.05, 0.1) is 22.4 Å². The Morgan fingerprint density at radius 2 is 1.67 bits per heavy atom. The van der Waals surface area contributed by atoms with Gasteiger partial charge in [-0.05, 0) is 86.3 Å². The molecular formula is C31H31FN4O3. The van der Waals surface area contributed by atoms with E-state index in [0.717, 1.165) is 18.7 Å². The van der Waals surface area contributed by atoms with Gasteiger partial charge < -0.3 is 14.9 Å². The van der Waals surface area contributed by atoms with Gasteiger partial charge in [-0.1, -0.05) is 12.1 Å². The zero-order chi connectivity index (χ0) is 27.4. The number of anilines is 1. The number of carbonyl (C=O) groups excluding carboxylic acids is 1. The summed E-state index contributed by atoms with van der Waals surface area (Å²) in [5.41, 5.74) is 6.30. The number of aryl methyl sites for hydroxylation is 2. The predicted octanol–water partition coefficient (Wildman–Crippen LogP) is 5.50. The highest BCUT2D eigenvalue weighted by atomic mass is 19.1. The second kappa shape index (κ2) is 11.6. The SMILES string of the molecule is Cc1cccc(N2CCN(C(=O)c3ccc4nc(-c5ccc(F)cc5)c(CCCCC(=O)O)nc4c3)CC2)c1. The molecule has 0 saturated carbocycles. The fourth-order valence-corrected chi connectivity index (χ4v) is 4.98. The van der Waals surface area contributed by atoms with E-state index in [1.165, 1.54) is 23.4 Å². The first-order chi connectivity index (χ1) is 18.9. The van der Waals surface area contributed by atoms with Gasteiger partial charge in [0.15, 0.2) is 0 Å². The van der Waals surface area contributed by atoms with Crippen LogP contribution in [0.3, 0.4) is 0 Å². The van der Waals surface area contributed by atoms with Gasteiger partial charge >= 0.3 is 5.97 Å². The Bertz CT molecular complexity index is 1500. The van der Waals surface area contributed by atoms with Crippen LogP contribution in [0.15, 0.2) is 66.7 Å². The monoisotopic (exact) mass is 526 g/mol. The second-order valence-electron chi connectivity index (χ2n) is 9.95. The first-order valence-corrected chi connectivity index (χ1v) is 13.3. The minimum atomic E-state index is -0.832. The number of amides is 1. The van der Waals surface area contributed by atoms with Crippen molar-refractivity contribution in [2.45, 2.75) is 32.6 Å². The van der Waals surface area contributed by atoms with E-state index in [1.807, 2.05) is 4.90 Å². The standard InChI is InChI=1S/C31H31FN4O3/c1-21-5-4-6-25(19-21)35-15-17-36(18-16-35)31(39)23-11-14-26-28(20-23)33-27(7-2-3-8-29(37)38)30(34-26)22-9-12-24(32)13-10-22/h4-6,9-14,19-20H,2-3,7-8,15-18H2,1H3,(H,37,38). The van der Waals surface area contributed by atoms with Crippen LogP contribution in [0.2, 0.25) is 0 Å².